The standard InChI is InChI=1S/C10H19N3O2/c1-7-9(12-4-5-15-7)10(14)13-8-2-3-11-6-8/h7-9,11-12H,2-6H2,1H3,(H,13,14)/t7-,8?,9+/m1/s1. The monoisotopic (exact) mass is 213 g/mol. The van der Waals surface area contributed by atoms with Crippen molar-refractivity contribution in [2.75, 3.05) is 26.2 Å². The highest BCUT2D eigenvalue weighted by molar-refractivity contribution is 5.82. The summed E-state index contributed by atoms with van der Waals surface area (Å²) < 4.78 is 5.44. The maximum atomic E-state index is 11.9. The predicted molar refractivity (Wildman–Crippen MR) is 56.6 cm³/mol. The molecule has 5 nitrogen and oxygen atoms in total. The molecule has 3 N–H and O–H groups in total. The molecule has 0 aliphatic carbocycles. The number of amides is 1. The first-order valence-corrected chi connectivity index (χ1v) is 5.63. The van der Waals surface area contributed by atoms with Crippen LogP contribution < -0.4 is 16.0 Å². The SMILES string of the molecule is C[C@H]1OCCN[C@@H]1C(=O)NC1CCNC1. The van der Waals surface area contributed by atoms with E-state index in [0.717, 1.165) is 26.1 Å². The summed E-state index contributed by atoms with van der Waals surface area (Å²) >= 11 is 0. The number of hydrogen-bond donors (Lipinski definition) is 3. The molecule has 1 unspecified atom stereocenters. The molecule has 2 heterocycles. The van der Waals surface area contributed by atoms with Gasteiger partial charge in [0.1, 0.15) is 6.04 Å². The maximum Gasteiger partial charge on any atom is 0.240 e. The second-order valence-electron chi connectivity index (χ2n) is 4.21. The molecule has 3 atom stereocenters. The Morgan fingerprint density at radius 2 is 2.33 bits per heavy atom. The second-order valence-corrected chi connectivity index (χ2v) is 4.21. The van der Waals surface area contributed by atoms with Crippen molar-refractivity contribution in [1.29, 1.82) is 0 Å². The number of rotatable bonds is 2. The maximum absolute atomic E-state index is 11.9. The summed E-state index contributed by atoms with van der Waals surface area (Å²) in [7, 11) is 0. The van der Waals surface area contributed by atoms with E-state index in [2.05, 4.69) is 16.0 Å². The van der Waals surface area contributed by atoms with Crippen LogP contribution >= 0.6 is 0 Å². The van der Waals surface area contributed by atoms with Crippen LogP contribution in [0.5, 0.6) is 0 Å². The highest BCUT2D eigenvalue weighted by atomic mass is 16.5. The molecule has 86 valence electrons. The molecule has 1 amide bonds. The highest BCUT2D eigenvalue weighted by Crippen LogP contribution is 2.05. The van der Waals surface area contributed by atoms with Gasteiger partial charge in [-0.2, -0.15) is 0 Å². The van der Waals surface area contributed by atoms with Crippen LogP contribution in [0.2, 0.25) is 0 Å². The highest BCUT2D eigenvalue weighted by Gasteiger charge is 2.30. The van der Waals surface area contributed by atoms with Crippen molar-refractivity contribution in [2.24, 2.45) is 0 Å². The Morgan fingerprint density at radius 3 is 3.00 bits per heavy atom. The lowest BCUT2D eigenvalue weighted by atomic mass is 10.1. The Bertz CT molecular complexity index is 229. The first kappa shape index (κ1) is 10.9. The van der Waals surface area contributed by atoms with E-state index in [1.165, 1.54) is 0 Å². The van der Waals surface area contributed by atoms with Gasteiger partial charge in [-0.3, -0.25) is 4.79 Å². The smallest absolute Gasteiger partial charge is 0.240 e. The lowest BCUT2D eigenvalue weighted by Gasteiger charge is -2.30. The van der Waals surface area contributed by atoms with Gasteiger partial charge < -0.3 is 20.7 Å². The first-order valence-electron chi connectivity index (χ1n) is 5.63. The van der Waals surface area contributed by atoms with Crippen molar-refractivity contribution in [3.05, 3.63) is 0 Å². The number of carbonyl (C=O) groups excluding carboxylic acids is 1. The van der Waals surface area contributed by atoms with Crippen molar-refractivity contribution < 1.29 is 9.53 Å². The minimum absolute atomic E-state index is 0.0342. The predicted octanol–water partition coefficient (Wildman–Crippen LogP) is -1.16. The van der Waals surface area contributed by atoms with Gasteiger partial charge in [0.2, 0.25) is 5.91 Å². The van der Waals surface area contributed by atoms with E-state index in [1.807, 2.05) is 6.92 Å². The van der Waals surface area contributed by atoms with E-state index in [0.29, 0.717) is 6.61 Å². The van der Waals surface area contributed by atoms with Gasteiger partial charge in [-0.15, -0.1) is 0 Å². The van der Waals surface area contributed by atoms with Gasteiger partial charge in [0.05, 0.1) is 12.7 Å². The zero-order valence-corrected chi connectivity index (χ0v) is 9.08. The van der Waals surface area contributed by atoms with Crippen LogP contribution in [-0.4, -0.2) is 50.3 Å². The van der Waals surface area contributed by atoms with Gasteiger partial charge in [0, 0.05) is 19.1 Å². The van der Waals surface area contributed by atoms with Gasteiger partial charge in [0.25, 0.3) is 0 Å². The average Bonchev–Trinajstić information content (AvgIpc) is 2.71. The summed E-state index contributed by atoms with van der Waals surface area (Å²) in [4.78, 5) is 11.9. The van der Waals surface area contributed by atoms with Crippen molar-refractivity contribution in [1.82, 2.24) is 16.0 Å². The molecule has 2 rings (SSSR count). The lowest BCUT2D eigenvalue weighted by molar-refractivity contribution is -0.129. The molecule has 2 aliphatic rings. The Balaban J connectivity index is 1.83. The van der Waals surface area contributed by atoms with Crippen molar-refractivity contribution in [3.8, 4) is 0 Å². The fourth-order valence-corrected chi connectivity index (χ4v) is 2.10. The minimum atomic E-state index is -0.195. The third-order valence-corrected chi connectivity index (χ3v) is 3.01. The number of ether oxygens (including phenoxy) is 1. The summed E-state index contributed by atoms with van der Waals surface area (Å²) in [5, 5.41) is 9.45. The van der Waals surface area contributed by atoms with Crippen LogP contribution in [0.3, 0.4) is 0 Å². The first-order chi connectivity index (χ1) is 7.27. The quantitative estimate of drug-likeness (QED) is 0.541. The number of nitrogens with one attached hydrogen (secondary N) is 3. The van der Waals surface area contributed by atoms with Crippen LogP contribution in [-0.2, 0) is 9.53 Å². The van der Waals surface area contributed by atoms with Crippen molar-refractivity contribution in [2.45, 2.75) is 31.5 Å². The van der Waals surface area contributed by atoms with Gasteiger partial charge in [-0.05, 0) is 19.9 Å². The minimum Gasteiger partial charge on any atom is -0.375 e. The molecule has 0 aromatic carbocycles. The summed E-state index contributed by atoms with van der Waals surface area (Å²) in [6.45, 7) is 5.26. The van der Waals surface area contributed by atoms with E-state index in [1.54, 1.807) is 0 Å². The molecule has 15 heavy (non-hydrogen) atoms. The molecule has 0 saturated carbocycles. The zero-order valence-electron chi connectivity index (χ0n) is 9.08. The topological polar surface area (TPSA) is 62.4 Å². The Hall–Kier alpha value is -0.650. The summed E-state index contributed by atoms with van der Waals surface area (Å²) in [6, 6.07) is 0.0905. The van der Waals surface area contributed by atoms with Crippen LogP contribution in [0.15, 0.2) is 0 Å². The van der Waals surface area contributed by atoms with Gasteiger partial charge in [-0.1, -0.05) is 0 Å². The van der Waals surface area contributed by atoms with Gasteiger partial charge >= 0.3 is 0 Å². The van der Waals surface area contributed by atoms with E-state index in [-0.39, 0.29) is 24.1 Å². The van der Waals surface area contributed by atoms with Crippen LogP contribution in [0.25, 0.3) is 0 Å². The molecule has 2 saturated heterocycles. The van der Waals surface area contributed by atoms with Crippen LogP contribution in [0.1, 0.15) is 13.3 Å². The lowest BCUT2D eigenvalue weighted by Crippen LogP contribution is -2.57. The molecule has 0 bridgehead atoms. The van der Waals surface area contributed by atoms with Gasteiger partial charge in [-0.25, -0.2) is 0 Å². The molecule has 0 spiro atoms. The third-order valence-electron chi connectivity index (χ3n) is 3.01. The average molecular weight is 213 g/mol. The molecule has 0 aromatic rings. The molecule has 0 aromatic heterocycles. The summed E-state index contributed by atoms with van der Waals surface area (Å²) in [5.74, 6) is 0.0656. The van der Waals surface area contributed by atoms with Crippen molar-refractivity contribution in [3.63, 3.8) is 0 Å². The number of morpholine rings is 1. The summed E-state index contributed by atoms with van der Waals surface area (Å²) in [5.41, 5.74) is 0. The Labute approximate surface area is 89.9 Å². The molecule has 2 fully saturated rings. The van der Waals surface area contributed by atoms with E-state index in [4.69, 9.17) is 4.74 Å². The van der Waals surface area contributed by atoms with Crippen molar-refractivity contribution >= 4 is 5.91 Å². The number of carbonyl (C=O) groups is 1. The fraction of sp³-hybridized carbons (Fsp3) is 0.900. The van der Waals surface area contributed by atoms with Gasteiger partial charge in [0.15, 0.2) is 0 Å². The molecule has 2 aliphatic heterocycles. The Morgan fingerprint density at radius 1 is 1.47 bits per heavy atom. The van der Waals surface area contributed by atoms with Crippen LogP contribution in [0, 0.1) is 0 Å². The number of hydrogen-bond acceptors (Lipinski definition) is 4. The van der Waals surface area contributed by atoms with E-state index in [9.17, 15) is 4.79 Å². The second kappa shape index (κ2) is 4.92. The molecular weight excluding hydrogens is 194 g/mol. The fourth-order valence-electron chi connectivity index (χ4n) is 2.10. The van der Waals surface area contributed by atoms with E-state index < -0.39 is 0 Å². The normalized spacial score (nSPS) is 36.5. The largest absolute Gasteiger partial charge is 0.375 e. The van der Waals surface area contributed by atoms with E-state index >= 15 is 0 Å². The zero-order chi connectivity index (χ0) is 10.7. The Kier molecular flexibility index (Phi) is 3.56. The molecule has 5 heteroatoms. The molecule has 0 radical (unpaired) electrons. The molecular formula is C10H19N3O2. The van der Waals surface area contributed by atoms with Crippen LogP contribution in [0.4, 0.5) is 0 Å². The third kappa shape index (κ3) is 2.68. The summed E-state index contributed by atoms with van der Waals surface area (Å²) in [6.07, 6.45) is 0.987.